The van der Waals surface area contributed by atoms with Crippen LogP contribution in [0.25, 0.3) is 44.2 Å². The topological polar surface area (TPSA) is 74.3 Å². The van der Waals surface area contributed by atoms with Crippen molar-refractivity contribution in [1.82, 2.24) is 24.8 Å². The van der Waals surface area contributed by atoms with Gasteiger partial charge in [0.25, 0.3) is 5.91 Å². The van der Waals surface area contributed by atoms with Gasteiger partial charge in [-0.25, -0.2) is 0 Å². The second kappa shape index (κ2) is 9.50. The van der Waals surface area contributed by atoms with Crippen molar-refractivity contribution < 1.29 is 9.53 Å². The molecule has 7 rings (SSSR count). The number of aromatic nitrogens is 3. The van der Waals surface area contributed by atoms with Crippen molar-refractivity contribution in [3.8, 4) is 28.1 Å². The number of hydrogen-bond donors (Lipinski definition) is 1. The van der Waals surface area contributed by atoms with Gasteiger partial charge in [-0.15, -0.1) is 0 Å². The van der Waals surface area contributed by atoms with Crippen LogP contribution in [0.4, 0.5) is 0 Å². The van der Waals surface area contributed by atoms with Gasteiger partial charge in [0, 0.05) is 71.6 Å². The summed E-state index contributed by atoms with van der Waals surface area (Å²) in [7, 11) is 3.88. The lowest BCUT2D eigenvalue weighted by atomic mass is 9.88. The molecule has 2 aliphatic heterocycles. The number of H-pyrrole nitrogens is 1. The van der Waals surface area contributed by atoms with E-state index in [0.29, 0.717) is 5.92 Å². The van der Waals surface area contributed by atoms with Crippen molar-refractivity contribution in [2.45, 2.75) is 6.42 Å². The SMILES string of the molecule is COc1ccc2[nH]c3cnc(-c4cccnc4)cc3c2c1-c1ccc(C(=O)N2CCC3CN(C)CC3C2)cc1. The molecule has 0 radical (unpaired) electrons. The molecule has 2 saturated heterocycles. The number of ether oxygens (including phenoxy) is 1. The van der Waals surface area contributed by atoms with Gasteiger partial charge in [-0.1, -0.05) is 12.1 Å². The third-order valence-corrected chi connectivity index (χ3v) is 8.48. The highest BCUT2D eigenvalue weighted by Crippen LogP contribution is 2.41. The van der Waals surface area contributed by atoms with Crippen molar-refractivity contribution in [2.75, 3.05) is 40.3 Å². The molecule has 0 spiro atoms. The van der Waals surface area contributed by atoms with E-state index in [9.17, 15) is 4.79 Å². The fraction of sp³-hybridized carbons (Fsp3) is 0.281. The van der Waals surface area contributed by atoms with Crippen LogP contribution in [0.1, 0.15) is 16.8 Å². The number of nitrogens with one attached hydrogen (secondary N) is 1. The maximum Gasteiger partial charge on any atom is 0.253 e. The highest BCUT2D eigenvalue weighted by Gasteiger charge is 2.37. The number of pyridine rings is 2. The predicted molar refractivity (Wildman–Crippen MR) is 154 cm³/mol. The van der Waals surface area contributed by atoms with Gasteiger partial charge in [0.2, 0.25) is 0 Å². The number of carbonyl (C=O) groups excluding carboxylic acids is 1. The third kappa shape index (κ3) is 4.14. The zero-order valence-electron chi connectivity index (χ0n) is 22.2. The van der Waals surface area contributed by atoms with Crippen LogP contribution in [0.5, 0.6) is 5.75 Å². The summed E-state index contributed by atoms with van der Waals surface area (Å²) in [6, 6.07) is 18.1. The molecule has 2 fully saturated rings. The lowest BCUT2D eigenvalue weighted by Gasteiger charge is -2.34. The van der Waals surface area contributed by atoms with E-state index in [2.05, 4.69) is 33.0 Å². The normalized spacial score (nSPS) is 19.5. The first-order chi connectivity index (χ1) is 19.1. The van der Waals surface area contributed by atoms with Gasteiger partial charge in [0.1, 0.15) is 5.75 Å². The monoisotopic (exact) mass is 517 g/mol. The molecule has 0 saturated carbocycles. The van der Waals surface area contributed by atoms with E-state index in [1.165, 1.54) is 0 Å². The van der Waals surface area contributed by atoms with Crippen LogP contribution in [0.3, 0.4) is 0 Å². The van der Waals surface area contributed by atoms with Gasteiger partial charge < -0.3 is 19.5 Å². The summed E-state index contributed by atoms with van der Waals surface area (Å²) in [6.45, 7) is 3.93. The minimum Gasteiger partial charge on any atom is -0.496 e. The first-order valence-corrected chi connectivity index (χ1v) is 13.6. The summed E-state index contributed by atoms with van der Waals surface area (Å²) < 4.78 is 5.84. The minimum atomic E-state index is 0.124. The van der Waals surface area contributed by atoms with Crippen LogP contribution >= 0.6 is 0 Å². The van der Waals surface area contributed by atoms with Gasteiger partial charge in [-0.2, -0.15) is 0 Å². The molecule has 196 valence electrons. The number of likely N-dealkylation sites (tertiary alicyclic amines) is 2. The number of rotatable bonds is 4. The fourth-order valence-electron chi connectivity index (χ4n) is 6.55. The van der Waals surface area contributed by atoms with Crippen LogP contribution in [-0.2, 0) is 0 Å². The van der Waals surface area contributed by atoms with Gasteiger partial charge >= 0.3 is 0 Å². The first kappa shape index (κ1) is 23.9. The lowest BCUT2D eigenvalue weighted by molar-refractivity contribution is 0.0642. The van der Waals surface area contributed by atoms with E-state index < -0.39 is 0 Å². The average Bonchev–Trinajstić information content (AvgIpc) is 3.55. The molecule has 1 N–H and O–H groups in total. The molecule has 7 nitrogen and oxygen atoms in total. The Morgan fingerprint density at radius 1 is 0.974 bits per heavy atom. The Labute approximate surface area is 227 Å². The molecule has 1 amide bonds. The molecule has 5 heterocycles. The maximum atomic E-state index is 13.4. The summed E-state index contributed by atoms with van der Waals surface area (Å²) in [4.78, 5) is 30.3. The number of benzene rings is 2. The first-order valence-electron chi connectivity index (χ1n) is 13.6. The Hall–Kier alpha value is -4.23. The van der Waals surface area contributed by atoms with E-state index in [-0.39, 0.29) is 5.91 Å². The number of nitrogens with zero attached hydrogens (tertiary/aromatic N) is 4. The molecule has 2 aliphatic rings. The molecule has 0 bridgehead atoms. The maximum absolute atomic E-state index is 13.4. The summed E-state index contributed by atoms with van der Waals surface area (Å²) >= 11 is 0. The molecule has 2 aromatic carbocycles. The van der Waals surface area contributed by atoms with Gasteiger partial charge in [0.05, 0.1) is 24.5 Å². The number of aromatic amines is 1. The minimum absolute atomic E-state index is 0.124. The number of carbonyl (C=O) groups is 1. The molecule has 5 aromatic rings. The van der Waals surface area contributed by atoms with Crippen LogP contribution < -0.4 is 4.74 Å². The Morgan fingerprint density at radius 2 is 1.82 bits per heavy atom. The summed E-state index contributed by atoms with van der Waals surface area (Å²) in [5.74, 6) is 2.22. The standard InChI is InChI=1S/C32H31N5O2/c1-36-17-23-11-13-37(19-24(23)18-36)32(38)21-7-5-20(6-8-21)30-29(39-2)10-9-26-31(30)25-14-27(34-16-28(25)35-26)22-4-3-12-33-15-22/h3-10,12,14-16,23-24,35H,11,13,17-19H2,1-2H3. The van der Waals surface area contributed by atoms with Crippen LogP contribution in [0.2, 0.25) is 0 Å². The van der Waals surface area contributed by atoms with Crippen molar-refractivity contribution in [3.63, 3.8) is 0 Å². The summed E-state index contributed by atoms with van der Waals surface area (Å²) in [6.07, 6.45) is 6.56. The average molecular weight is 518 g/mol. The zero-order valence-corrected chi connectivity index (χ0v) is 22.2. The second-order valence-electron chi connectivity index (χ2n) is 10.9. The molecule has 2 atom stereocenters. The van der Waals surface area contributed by atoms with Gasteiger partial charge in [-0.05, 0) is 73.3 Å². The molecule has 39 heavy (non-hydrogen) atoms. The largest absolute Gasteiger partial charge is 0.496 e. The van der Waals surface area contributed by atoms with Crippen molar-refractivity contribution in [3.05, 3.63) is 78.8 Å². The van der Waals surface area contributed by atoms with Crippen LogP contribution in [0.15, 0.2) is 73.2 Å². The third-order valence-electron chi connectivity index (χ3n) is 8.48. The number of hydrogen-bond acceptors (Lipinski definition) is 5. The Morgan fingerprint density at radius 3 is 2.62 bits per heavy atom. The van der Waals surface area contributed by atoms with E-state index in [1.54, 1.807) is 13.3 Å². The number of piperidine rings is 1. The lowest BCUT2D eigenvalue weighted by Crippen LogP contribution is -2.43. The molecule has 7 heteroatoms. The van der Waals surface area contributed by atoms with Crippen LogP contribution in [-0.4, -0.2) is 71.0 Å². The van der Waals surface area contributed by atoms with E-state index in [1.807, 2.05) is 65.8 Å². The number of amides is 1. The van der Waals surface area contributed by atoms with Crippen molar-refractivity contribution >= 4 is 27.7 Å². The van der Waals surface area contributed by atoms with Crippen molar-refractivity contribution in [1.29, 1.82) is 0 Å². The summed E-state index contributed by atoms with van der Waals surface area (Å²) in [5, 5.41) is 2.14. The Kier molecular flexibility index (Phi) is 5.81. The second-order valence-corrected chi connectivity index (χ2v) is 10.9. The highest BCUT2D eigenvalue weighted by atomic mass is 16.5. The van der Waals surface area contributed by atoms with E-state index in [0.717, 1.165) is 94.0 Å². The van der Waals surface area contributed by atoms with E-state index >= 15 is 0 Å². The molecular formula is C32H31N5O2. The molecular weight excluding hydrogens is 486 g/mol. The van der Waals surface area contributed by atoms with Gasteiger partial charge in [0.15, 0.2) is 0 Å². The molecule has 0 aliphatic carbocycles. The molecule has 3 aromatic heterocycles. The van der Waals surface area contributed by atoms with Crippen LogP contribution in [0, 0.1) is 11.8 Å². The fourth-order valence-corrected chi connectivity index (χ4v) is 6.55. The number of fused-ring (bicyclic) bond motifs is 4. The van der Waals surface area contributed by atoms with Gasteiger partial charge in [-0.3, -0.25) is 14.8 Å². The number of methoxy groups -OCH3 is 1. The van der Waals surface area contributed by atoms with E-state index in [4.69, 9.17) is 4.74 Å². The quantitative estimate of drug-likeness (QED) is 0.342. The summed E-state index contributed by atoms with van der Waals surface area (Å²) in [5.41, 5.74) is 6.54. The molecule has 2 unspecified atom stereocenters. The zero-order chi connectivity index (χ0) is 26.5. The predicted octanol–water partition coefficient (Wildman–Crippen LogP) is 5.48. The smallest absolute Gasteiger partial charge is 0.253 e. The Balaban J connectivity index is 1.26. The van der Waals surface area contributed by atoms with Crippen molar-refractivity contribution in [2.24, 2.45) is 11.8 Å². The Bertz CT molecular complexity index is 1680. The highest BCUT2D eigenvalue weighted by molar-refractivity contribution is 6.16.